The fourth-order valence-corrected chi connectivity index (χ4v) is 2.07. The van der Waals surface area contributed by atoms with Gasteiger partial charge in [-0.1, -0.05) is 20.8 Å². The van der Waals surface area contributed by atoms with Gasteiger partial charge in [0.15, 0.2) is 0 Å². The molecule has 1 aliphatic heterocycles. The molecular formula is C12H24N2O. The molecule has 0 radical (unpaired) electrons. The molecule has 1 unspecified atom stereocenters. The van der Waals surface area contributed by atoms with E-state index in [1.165, 1.54) is 13.0 Å². The molecule has 3 nitrogen and oxygen atoms in total. The molecule has 0 saturated carbocycles. The molecule has 0 aliphatic carbocycles. The van der Waals surface area contributed by atoms with Crippen molar-refractivity contribution in [1.29, 1.82) is 0 Å². The highest BCUT2D eigenvalue weighted by atomic mass is 16.1. The van der Waals surface area contributed by atoms with Crippen LogP contribution in [0.1, 0.15) is 33.6 Å². The van der Waals surface area contributed by atoms with Crippen molar-refractivity contribution in [2.45, 2.75) is 33.6 Å². The zero-order valence-electron chi connectivity index (χ0n) is 10.3. The van der Waals surface area contributed by atoms with E-state index in [1.54, 1.807) is 0 Å². The van der Waals surface area contributed by atoms with Crippen LogP contribution in [0.4, 0.5) is 0 Å². The maximum absolute atomic E-state index is 11.4. The summed E-state index contributed by atoms with van der Waals surface area (Å²) < 4.78 is 0. The summed E-state index contributed by atoms with van der Waals surface area (Å²) in [5.74, 6) is 1.33. The molecule has 1 rings (SSSR count). The minimum absolute atomic E-state index is 0.208. The average molecular weight is 212 g/mol. The first kappa shape index (κ1) is 12.5. The van der Waals surface area contributed by atoms with Crippen LogP contribution in [-0.2, 0) is 4.79 Å². The van der Waals surface area contributed by atoms with E-state index in [2.05, 4.69) is 31.0 Å². The Morgan fingerprint density at radius 2 is 2.27 bits per heavy atom. The van der Waals surface area contributed by atoms with E-state index >= 15 is 0 Å². The third-order valence-electron chi connectivity index (χ3n) is 3.00. The fraction of sp³-hybridized carbons (Fsp3) is 0.917. The lowest BCUT2D eigenvalue weighted by molar-refractivity contribution is -0.121. The second-order valence-electron chi connectivity index (χ2n) is 4.95. The highest BCUT2D eigenvalue weighted by molar-refractivity contribution is 5.76. The van der Waals surface area contributed by atoms with Crippen LogP contribution in [0.25, 0.3) is 0 Å². The third-order valence-corrected chi connectivity index (χ3v) is 3.00. The van der Waals surface area contributed by atoms with E-state index in [4.69, 9.17) is 0 Å². The molecule has 1 fully saturated rings. The maximum atomic E-state index is 11.4. The summed E-state index contributed by atoms with van der Waals surface area (Å²) in [6.45, 7) is 10.7. The van der Waals surface area contributed by atoms with Crippen molar-refractivity contribution < 1.29 is 4.79 Å². The van der Waals surface area contributed by atoms with Crippen molar-refractivity contribution >= 4 is 5.91 Å². The Bertz CT molecular complexity index is 204. The van der Waals surface area contributed by atoms with Crippen molar-refractivity contribution in [3.05, 3.63) is 0 Å². The second kappa shape index (κ2) is 6.11. The molecule has 88 valence electrons. The lowest BCUT2D eigenvalue weighted by Crippen LogP contribution is -2.31. The molecule has 15 heavy (non-hydrogen) atoms. The van der Waals surface area contributed by atoms with Gasteiger partial charge in [0.2, 0.25) is 5.91 Å². The summed E-state index contributed by atoms with van der Waals surface area (Å²) in [4.78, 5) is 13.9. The average Bonchev–Trinajstić information content (AvgIpc) is 2.61. The van der Waals surface area contributed by atoms with Crippen LogP contribution in [0.2, 0.25) is 0 Å². The van der Waals surface area contributed by atoms with Crippen LogP contribution in [0.5, 0.6) is 0 Å². The smallest absolute Gasteiger partial charge is 0.220 e. The van der Waals surface area contributed by atoms with Gasteiger partial charge in [0.05, 0.1) is 0 Å². The highest BCUT2D eigenvalue weighted by Crippen LogP contribution is 2.14. The van der Waals surface area contributed by atoms with Crippen molar-refractivity contribution in [2.24, 2.45) is 11.8 Å². The van der Waals surface area contributed by atoms with Gasteiger partial charge in [0.1, 0.15) is 0 Å². The Hall–Kier alpha value is -0.570. The quantitative estimate of drug-likeness (QED) is 0.749. The number of amides is 1. The van der Waals surface area contributed by atoms with Crippen LogP contribution < -0.4 is 5.32 Å². The maximum Gasteiger partial charge on any atom is 0.220 e. The van der Waals surface area contributed by atoms with Crippen LogP contribution in [0.3, 0.4) is 0 Å². The molecule has 0 aromatic carbocycles. The number of nitrogens with one attached hydrogen (secondary N) is 1. The molecule has 3 heteroatoms. The third kappa shape index (κ3) is 4.65. The zero-order chi connectivity index (χ0) is 11.3. The molecule has 0 aromatic rings. The van der Waals surface area contributed by atoms with Crippen molar-refractivity contribution in [3.8, 4) is 0 Å². The Kier molecular flexibility index (Phi) is 5.09. The van der Waals surface area contributed by atoms with E-state index in [9.17, 15) is 4.79 Å². The molecule has 1 N–H and O–H groups in total. The van der Waals surface area contributed by atoms with Gasteiger partial charge in [0, 0.05) is 19.5 Å². The van der Waals surface area contributed by atoms with Crippen molar-refractivity contribution in [1.82, 2.24) is 10.2 Å². The predicted octanol–water partition coefficient (Wildman–Crippen LogP) is 1.49. The summed E-state index contributed by atoms with van der Waals surface area (Å²) in [5, 5.41) is 3.03. The lowest BCUT2D eigenvalue weighted by Gasteiger charge is -2.14. The van der Waals surface area contributed by atoms with Gasteiger partial charge >= 0.3 is 0 Å². The van der Waals surface area contributed by atoms with E-state index < -0.39 is 0 Å². The van der Waals surface area contributed by atoms with Crippen molar-refractivity contribution in [3.63, 3.8) is 0 Å². The summed E-state index contributed by atoms with van der Waals surface area (Å²) in [6.07, 6.45) is 1.89. The summed E-state index contributed by atoms with van der Waals surface area (Å²) in [6, 6.07) is 0. The standard InChI is InChI=1S/C12H24N2O/c1-4-14-6-5-11(9-14)8-13-12(15)7-10(2)3/h10-11H,4-9H2,1-3H3,(H,13,15). The molecule has 1 heterocycles. The number of nitrogens with zero attached hydrogens (tertiary/aromatic N) is 1. The molecule has 1 saturated heterocycles. The van der Waals surface area contributed by atoms with E-state index in [0.29, 0.717) is 18.3 Å². The Morgan fingerprint density at radius 1 is 1.53 bits per heavy atom. The fourth-order valence-electron chi connectivity index (χ4n) is 2.07. The molecular weight excluding hydrogens is 188 g/mol. The molecule has 0 bridgehead atoms. The minimum Gasteiger partial charge on any atom is -0.356 e. The molecule has 1 atom stereocenters. The van der Waals surface area contributed by atoms with Gasteiger partial charge in [-0.25, -0.2) is 0 Å². The Morgan fingerprint density at radius 3 is 2.80 bits per heavy atom. The first-order chi connectivity index (χ1) is 7.11. The monoisotopic (exact) mass is 212 g/mol. The normalized spacial score (nSPS) is 22.3. The van der Waals surface area contributed by atoms with Crippen LogP contribution in [0.15, 0.2) is 0 Å². The molecule has 1 aliphatic rings. The highest BCUT2D eigenvalue weighted by Gasteiger charge is 2.21. The Balaban J connectivity index is 2.13. The number of hydrogen-bond acceptors (Lipinski definition) is 2. The summed E-state index contributed by atoms with van der Waals surface area (Å²) in [5.41, 5.74) is 0. The second-order valence-corrected chi connectivity index (χ2v) is 4.95. The van der Waals surface area contributed by atoms with E-state index in [-0.39, 0.29) is 5.91 Å². The minimum atomic E-state index is 0.208. The number of likely N-dealkylation sites (tertiary alicyclic amines) is 1. The largest absolute Gasteiger partial charge is 0.356 e. The van der Waals surface area contributed by atoms with Gasteiger partial charge in [-0.2, -0.15) is 0 Å². The number of carbonyl (C=O) groups is 1. The van der Waals surface area contributed by atoms with Gasteiger partial charge in [-0.05, 0) is 31.3 Å². The van der Waals surface area contributed by atoms with Crippen LogP contribution >= 0.6 is 0 Å². The first-order valence-electron chi connectivity index (χ1n) is 6.10. The predicted molar refractivity (Wildman–Crippen MR) is 62.7 cm³/mol. The van der Waals surface area contributed by atoms with E-state index in [0.717, 1.165) is 19.6 Å². The lowest BCUT2D eigenvalue weighted by atomic mass is 10.1. The zero-order valence-corrected chi connectivity index (χ0v) is 10.3. The van der Waals surface area contributed by atoms with E-state index in [1.807, 2.05) is 0 Å². The topological polar surface area (TPSA) is 32.3 Å². The van der Waals surface area contributed by atoms with Crippen LogP contribution in [0, 0.1) is 11.8 Å². The number of carbonyl (C=O) groups excluding carboxylic acids is 1. The van der Waals surface area contributed by atoms with Crippen LogP contribution in [-0.4, -0.2) is 37.0 Å². The Labute approximate surface area is 93.2 Å². The SMILES string of the molecule is CCN1CCC(CNC(=O)CC(C)C)C1. The molecule has 1 amide bonds. The summed E-state index contributed by atoms with van der Waals surface area (Å²) >= 11 is 0. The van der Waals surface area contributed by atoms with Gasteiger partial charge < -0.3 is 10.2 Å². The summed E-state index contributed by atoms with van der Waals surface area (Å²) in [7, 11) is 0. The number of hydrogen-bond donors (Lipinski definition) is 1. The number of rotatable bonds is 5. The van der Waals surface area contributed by atoms with Gasteiger partial charge in [-0.3, -0.25) is 4.79 Å². The van der Waals surface area contributed by atoms with Crippen molar-refractivity contribution in [2.75, 3.05) is 26.2 Å². The molecule has 0 spiro atoms. The van der Waals surface area contributed by atoms with Gasteiger partial charge in [0.25, 0.3) is 0 Å². The first-order valence-corrected chi connectivity index (χ1v) is 6.10. The van der Waals surface area contributed by atoms with Gasteiger partial charge in [-0.15, -0.1) is 0 Å². The molecule has 0 aromatic heterocycles.